The van der Waals surface area contributed by atoms with Crippen LogP contribution in [0, 0.1) is 6.92 Å². The number of amides is 2. The third kappa shape index (κ3) is 4.89. The molecule has 28 heavy (non-hydrogen) atoms. The smallest absolute Gasteiger partial charge is 0.341 e. The molecule has 0 aliphatic rings. The monoisotopic (exact) mass is 403 g/mol. The predicted octanol–water partition coefficient (Wildman–Crippen LogP) is 3.19. The maximum atomic E-state index is 12.7. The molecule has 0 saturated heterocycles. The first-order valence-electron chi connectivity index (χ1n) is 8.98. The van der Waals surface area contributed by atoms with E-state index >= 15 is 0 Å². The third-order valence-corrected chi connectivity index (χ3v) is 5.35. The zero-order valence-electron chi connectivity index (χ0n) is 16.4. The molecule has 2 rings (SSSR count). The number of primary amides is 1. The highest BCUT2D eigenvalue weighted by atomic mass is 32.1. The van der Waals surface area contributed by atoms with E-state index in [1.165, 1.54) is 0 Å². The number of nitrogens with zero attached hydrogens (tertiary/aromatic N) is 1. The van der Waals surface area contributed by atoms with Gasteiger partial charge in [0.15, 0.2) is 0 Å². The van der Waals surface area contributed by atoms with Gasteiger partial charge in [-0.2, -0.15) is 0 Å². The fraction of sp³-hybridized carbons (Fsp3) is 0.350. The van der Waals surface area contributed by atoms with Gasteiger partial charge in [0.1, 0.15) is 5.00 Å². The standard InChI is InChI=1S/C20H25N3O4S/c1-5-27-20(26)16-13(4)17(18(21)25)28-19(16)22-15(24)11-23(12(2)3)14-9-7-6-8-10-14/h6-10,12H,5,11H2,1-4H3,(H2,21,25)(H,22,24). The number of esters is 1. The zero-order chi connectivity index (χ0) is 20.8. The molecule has 0 unspecified atom stereocenters. The minimum absolute atomic E-state index is 0.0870. The van der Waals surface area contributed by atoms with Crippen molar-refractivity contribution in [3.05, 3.63) is 46.3 Å². The second kappa shape index (κ2) is 9.36. The number of anilines is 2. The molecule has 0 bridgehead atoms. The number of rotatable bonds is 8. The quantitative estimate of drug-likeness (QED) is 0.659. The van der Waals surface area contributed by atoms with Gasteiger partial charge in [0.2, 0.25) is 5.91 Å². The van der Waals surface area contributed by atoms with Gasteiger partial charge in [0, 0.05) is 11.7 Å². The number of benzene rings is 1. The van der Waals surface area contributed by atoms with E-state index in [-0.39, 0.29) is 40.5 Å². The van der Waals surface area contributed by atoms with Crippen molar-refractivity contribution >= 4 is 39.8 Å². The molecule has 150 valence electrons. The van der Waals surface area contributed by atoms with E-state index in [9.17, 15) is 14.4 Å². The summed E-state index contributed by atoms with van der Waals surface area (Å²) in [4.78, 5) is 38.9. The number of carbonyl (C=O) groups is 3. The van der Waals surface area contributed by atoms with Gasteiger partial charge in [-0.25, -0.2) is 4.79 Å². The summed E-state index contributed by atoms with van der Waals surface area (Å²) in [6.07, 6.45) is 0. The van der Waals surface area contributed by atoms with Crippen molar-refractivity contribution in [3.63, 3.8) is 0 Å². The SMILES string of the molecule is CCOC(=O)c1c(NC(=O)CN(c2ccccc2)C(C)C)sc(C(N)=O)c1C. The Morgan fingerprint density at radius 3 is 2.39 bits per heavy atom. The summed E-state index contributed by atoms with van der Waals surface area (Å²) in [5.74, 6) is -1.55. The number of hydrogen-bond donors (Lipinski definition) is 2. The van der Waals surface area contributed by atoms with Crippen molar-refractivity contribution in [2.75, 3.05) is 23.4 Å². The van der Waals surface area contributed by atoms with Gasteiger partial charge < -0.3 is 20.7 Å². The van der Waals surface area contributed by atoms with E-state index in [4.69, 9.17) is 10.5 Å². The summed E-state index contributed by atoms with van der Waals surface area (Å²) in [7, 11) is 0. The number of carbonyl (C=O) groups excluding carboxylic acids is 3. The minimum Gasteiger partial charge on any atom is -0.462 e. The molecule has 7 nitrogen and oxygen atoms in total. The van der Waals surface area contributed by atoms with Gasteiger partial charge in [-0.3, -0.25) is 9.59 Å². The third-order valence-electron chi connectivity index (χ3n) is 4.13. The highest BCUT2D eigenvalue weighted by Crippen LogP contribution is 2.33. The summed E-state index contributed by atoms with van der Waals surface area (Å²) >= 11 is 0.982. The van der Waals surface area contributed by atoms with E-state index in [0.717, 1.165) is 17.0 Å². The van der Waals surface area contributed by atoms with Gasteiger partial charge in [-0.15, -0.1) is 11.3 Å². The Balaban J connectivity index is 2.28. The van der Waals surface area contributed by atoms with Crippen molar-refractivity contribution in [1.29, 1.82) is 0 Å². The molecule has 0 radical (unpaired) electrons. The number of thiophene rings is 1. The highest BCUT2D eigenvalue weighted by molar-refractivity contribution is 7.18. The summed E-state index contributed by atoms with van der Waals surface area (Å²) in [5.41, 5.74) is 6.90. The average molecular weight is 404 g/mol. The van der Waals surface area contributed by atoms with Crippen LogP contribution in [0.3, 0.4) is 0 Å². The van der Waals surface area contributed by atoms with Gasteiger partial charge >= 0.3 is 5.97 Å². The number of ether oxygens (including phenoxy) is 1. The maximum absolute atomic E-state index is 12.7. The van der Waals surface area contributed by atoms with Crippen molar-refractivity contribution in [2.24, 2.45) is 5.73 Å². The Labute approximate surface area is 168 Å². The number of para-hydroxylation sites is 1. The first kappa shape index (κ1) is 21.4. The van der Waals surface area contributed by atoms with Crippen LogP contribution in [0.2, 0.25) is 0 Å². The molecule has 0 spiro atoms. The summed E-state index contributed by atoms with van der Waals surface area (Å²) < 4.78 is 5.07. The van der Waals surface area contributed by atoms with Crippen molar-refractivity contribution < 1.29 is 19.1 Å². The molecule has 1 aromatic carbocycles. The molecule has 1 heterocycles. The van der Waals surface area contributed by atoms with Gasteiger partial charge in [0.25, 0.3) is 5.91 Å². The number of nitrogens with two attached hydrogens (primary N) is 1. The van der Waals surface area contributed by atoms with Crippen molar-refractivity contribution in [1.82, 2.24) is 0 Å². The second-order valence-corrected chi connectivity index (χ2v) is 7.47. The van der Waals surface area contributed by atoms with Crippen LogP contribution < -0.4 is 16.0 Å². The van der Waals surface area contributed by atoms with Gasteiger partial charge in [0.05, 0.1) is 23.6 Å². The van der Waals surface area contributed by atoms with E-state index in [1.54, 1.807) is 13.8 Å². The fourth-order valence-electron chi connectivity index (χ4n) is 2.80. The largest absolute Gasteiger partial charge is 0.462 e. The Kier molecular flexibility index (Phi) is 7.17. The van der Waals surface area contributed by atoms with E-state index in [1.807, 2.05) is 49.1 Å². The second-order valence-electron chi connectivity index (χ2n) is 6.45. The molecule has 0 aliphatic heterocycles. The van der Waals surface area contributed by atoms with Crippen LogP contribution in [-0.4, -0.2) is 37.0 Å². The Hall–Kier alpha value is -2.87. The normalized spacial score (nSPS) is 10.6. The zero-order valence-corrected chi connectivity index (χ0v) is 17.3. The molecule has 1 aromatic heterocycles. The first-order chi connectivity index (χ1) is 13.3. The van der Waals surface area contributed by atoms with Crippen LogP contribution in [0.25, 0.3) is 0 Å². The van der Waals surface area contributed by atoms with Crippen LogP contribution in [0.15, 0.2) is 30.3 Å². The Morgan fingerprint density at radius 2 is 1.86 bits per heavy atom. The van der Waals surface area contributed by atoms with Crippen LogP contribution in [0.4, 0.5) is 10.7 Å². The Bertz CT molecular complexity index is 862. The molecular weight excluding hydrogens is 378 g/mol. The Morgan fingerprint density at radius 1 is 1.21 bits per heavy atom. The minimum atomic E-state index is -0.651. The molecule has 8 heteroatoms. The number of hydrogen-bond acceptors (Lipinski definition) is 6. The molecule has 3 N–H and O–H groups in total. The van der Waals surface area contributed by atoms with Gasteiger partial charge in [-0.1, -0.05) is 18.2 Å². The maximum Gasteiger partial charge on any atom is 0.341 e. The van der Waals surface area contributed by atoms with Crippen LogP contribution in [0.5, 0.6) is 0 Å². The lowest BCUT2D eigenvalue weighted by molar-refractivity contribution is -0.115. The molecule has 2 aromatic rings. The summed E-state index contributed by atoms with van der Waals surface area (Å²) in [6.45, 7) is 7.56. The molecule has 0 aliphatic carbocycles. The lowest BCUT2D eigenvalue weighted by Crippen LogP contribution is -2.38. The first-order valence-corrected chi connectivity index (χ1v) is 9.79. The van der Waals surface area contributed by atoms with E-state index in [2.05, 4.69) is 5.32 Å². The highest BCUT2D eigenvalue weighted by Gasteiger charge is 2.26. The van der Waals surface area contributed by atoms with Crippen LogP contribution in [0.1, 0.15) is 46.4 Å². The molecular formula is C20H25N3O4S. The van der Waals surface area contributed by atoms with E-state index < -0.39 is 11.9 Å². The molecule has 2 amide bonds. The molecule has 0 fully saturated rings. The lowest BCUT2D eigenvalue weighted by atomic mass is 10.1. The van der Waals surface area contributed by atoms with Crippen molar-refractivity contribution in [3.8, 4) is 0 Å². The average Bonchev–Trinajstić information content (AvgIpc) is 2.96. The van der Waals surface area contributed by atoms with Gasteiger partial charge in [-0.05, 0) is 45.4 Å². The number of nitrogens with one attached hydrogen (secondary N) is 1. The summed E-state index contributed by atoms with van der Waals surface area (Å²) in [5, 5.41) is 3.02. The lowest BCUT2D eigenvalue weighted by Gasteiger charge is -2.28. The molecule has 0 saturated carbocycles. The molecule has 0 atom stereocenters. The summed E-state index contributed by atoms with van der Waals surface area (Å²) in [6, 6.07) is 9.67. The predicted molar refractivity (Wildman–Crippen MR) is 111 cm³/mol. The van der Waals surface area contributed by atoms with E-state index in [0.29, 0.717) is 5.56 Å². The van der Waals surface area contributed by atoms with Crippen LogP contribution in [-0.2, 0) is 9.53 Å². The van der Waals surface area contributed by atoms with Crippen LogP contribution >= 0.6 is 11.3 Å². The van der Waals surface area contributed by atoms with Crippen molar-refractivity contribution in [2.45, 2.75) is 33.7 Å². The topological polar surface area (TPSA) is 102 Å². The fourth-order valence-corrected chi connectivity index (χ4v) is 3.86.